The summed E-state index contributed by atoms with van der Waals surface area (Å²) in [7, 11) is 0. The summed E-state index contributed by atoms with van der Waals surface area (Å²) < 4.78 is 0. The normalized spacial score (nSPS) is 10.3. The Morgan fingerprint density at radius 2 is 2.20 bits per heavy atom. The van der Waals surface area contributed by atoms with E-state index in [1.54, 1.807) is 6.07 Å². The molecule has 0 aliphatic rings. The van der Waals surface area contributed by atoms with Crippen LogP contribution in [0.3, 0.4) is 0 Å². The van der Waals surface area contributed by atoms with Crippen LogP contribution in [0.15, 0.2) is 24.4 Å². The van der Waals surface area contributed by atoms with Crippen molar-refractivity contribution in [3.63, 3.8) is 0 Å². The maximum absolute atomic E-state index is 12.0. The largest absolute Gasteiger partial charge is 0.478 e. The van der Waals surface area contributed by atoms with Crippen molar-refractivity contribution >= 4 is 39.8 Å². The molecular formula is C13H11ClN2O3S. The second-order valence-electron chi connectivity index (χ2n) is 3.94. The Hall–Kier alpha value is -1.92. The Bertz CT molecular complexity index is 652. The summed E-state index contributed by atoms with van der Waals surface area (Å²) in [4.78, 5) is 27.9. The van der Waals surface area contributed by atoms with Crippen LogP contribution in [0, 0.1) is 0 Å². The van der Waals surface area contributed by atoms with Gasteiger partial charge >= 0.3 is 5.97 Å². The Kier molecular flexibility index (Phi) is 4.36. The summed E-state index contributed by atoms with van der Waals surface area (Å²) in [6.45, 7) is 1.92. The Balaban J connectivity index is 2.25. The summed E-state index contributed by atoms with van der Waals surface area (Å²) in [5, 5.41) is 12.3. The van der Waals surface area contributed by atoms with Crippen LogP contribution in [0.4, 0.5) is 5.00 Å². The van der Waals surface area contributed by atoms with Gasteiger partial charge in [0.1, 0.15) is 10.2 Å². The predicted octanol–water partition coefficient (Wildman–Crippen LogP) is 3.31. The molecular weight excluding hydrogens is 300 g/mol. The topological polar surface area (TPSA) is 79.3 Å². The van der Waals surface area contributed by atoms with Gasteiger partial charge in [0.15, 0.2) is 0 Å². The zero-order chi connectivity index (χ0) is 14.7. The molecule has 0 atom stereocenters. The first-order valence-electron chi connectivity index (χ1n) is 5.80. The quantitative estimate of drug-likeness (QED) is 0.849. The van der Waals surface area contributed by atoms with E-state index in [2.05, 4.69) is 10.3 Å². The highest BCUT2D eigenvalue weighted by atomic mass is 35.5. The monoisotopic (exact) mass is 310 g/mol. The number of aryl methyl sites for hydroxylation is 1. The zero-order valence-electron chi connectivity index (χ0n) is 10.5. The molecule has 2 aromatic rings. The number of rotatable bonds is 4. The summed E-state index contributed by atoms with van der Waals surface area (Å²) in [6.07, 6.45) is 2.05. The number of hydrogen-bond acceptors (Lipinski definition) is 4. The molecule has 0 aliphatic heterocycles. The second-order valence-corrected chi connectivity index (χ2v) is 5.46. The van der Waals surface area contributed by atoms with Crippen molar-refractivity contribution in [3.8, 4) is 0 Å². The Morgan fingerprint density at radius 3 is 2.75 bits per heavy atom. The van der Waals surface area contributed by atoms with Gasteiger partial charge in [-0.1, -0.05) is 18.5 Å². The number of nitrogens with zero attached hydrogens (tertiary/aromatic N) is 1. The summed E-state index contributed by atoms with van der Waals surface area (Å²) in [5.41, 5.74) is 0.416. The van der Waals surface area contributed by atoms with Gasteiger partial charge in [-0.25, -0.2) is 9.78 Å². The van der Waals surface area contributed by atoms with Crippen molar-refractivity contribution in [1.82, 2.24) is 4.98 Å². The van der Waals surface area contributed by atoms with Gasteiger partial charge in [-0.05, 0) is 24.6 Å². The van der Waals surface area contributed by atoms with E-state index in [9.17, 15) is 9.59 Å². The molecule has 2 heterocycles. The van der Waals surface area contributed by atoms with Gasteiger partial charge in [0.2, 0.25) is 0 Å². The number of aromatic carboxylic acids is 1. The molecule has 0 spiro atoms. The van der Waals surface area contributed by atoms with Gasteiger partial charge in [0.05, 0.1) is 11.1 Å². The van der Waals surface area contributed by atoms with Gasteiger partial charge in [-0.2, -0.15) is 0 Å². The van der Waals surface area contributed by atoms with Crippen molar-refractivity contribution in [2.45, 2.75) is 13.3 Å². The van der Waals surface area contributed by atoms with E-state index in [0.717, 1.165) is 4.88 Å². The van der Waals surface area contributed by atoms with Crippen LogP contribution in [0.5, 0.6) is 0 Å². The van der Waals surface area contributed by atoms with Crippen LogP contribution < -0.4 is 5.32 Å². The molecule has 1 amide bonds. The lowest BCUT2D eigenvalue weighted by atomic mass is 10.2. The van der Waals surface area contributed by atoms with Crippen molar-refractivity contribution in [1.29, 1.82) is 0 Å². The van der Waals surface area contributed by atoms with Gasteiger partial charge in [-0.3, -0.25) is 4.79 Å². The fourth-order valence-corrected chi connectivity index (χ4v) is 2.65. The lowest BCUT2D eigenvalue weighted by Crippen LogP contribution is -2.13. The van der Waals surface area contributed by atoms with E-state index in [1.807, 2.05) is 6.92 Å². The van der Waals surface area contributed by atoms with Crippen LogP contribution in [-0.4, -0.2) is 22.0 Å². The molecule has 2 N–H and O–H groups in total. The number of carbonyl (C=O) groups excluding carboxylic acids is 1. The van der Waals surface area contributed by atoms with Gasteiger partial charge in [0.25, 0.3) is 5.91 Å². The smallest absolute Gasteiger partial charge is 0.338 e. The molecule has 5 nitrogen and oxygen atoms in total. The molecule has 2 aromatic heterocycles. The summed E-state index contributed by atoms with van der Waals surface area (Å²) in [6, 6.07) is 4.60. The molecule has 0 saturated carbocycles. The van der Waals surface area contributed by atoms with Crippen LogP contribution >= 0.6 is 22.9 Å². The minimum absolute atomic E-state index is 0.0992. The van der Waals surface area contributed by atoms with E-state index in [4.69, 9.17) is 16.7 Å². The number of aromatic nitrogens is 1. The summed E-state index contributed by atoms with van der Waals surface area (Å²) >= 11 is 6.90. The lowest BCUT2D eigenvalue weighted by molar-refractivity contribution is 0.0698. The number of amides is 1. The number of carbonyl (C=O) groups is 2. The highest BCUT2D eigenvalue weighted by molar-refractivity contribution is 7.16. The Labute approximate surface area is 124 Å². The second kappa shape index (κ2) is 6.02. The maximum Gasteiger partial charge on any atom is 0.338 e. The molecule has 0 fully saturated rings. The van der Waals surface area contributed by atoms with Crippen LogP contribution in [0.1, 0.15) is 32.5 Å². The minimum Gasteiger partial charge on any atom is -0.478 e. The molecule has 104 valence electrons. The van der Waals surface area contributed by atoms with Crippen molar-refractivity contribution in [3.05, 3.63) is 45.6 Å². The SMILES string of the molecule is CCc1cc(C(=O)O)c(NC(=O)c2ccc(Cl)nc2)s1. The number of hydrogen-bond donors (Lipinski definition) is 2. The lowest BCUT2D eigenvalue weighted by Gasteiger charge is -2.03. The van der Waals surface area contributed by atoms with Crippen LogP contribution in [-0.2, 0) is 6.42 Å². The molecule has 0 aromatic carbocycles. The minimum atomic E-state index is -1.06. The van der Waals surface area contributed by atoms with Crippen molar-refractivity contribution in [2.75, 3.05) is 5.32 Å². The first-order chi connectivity index (χ1) is 9.51. The van der Waals surface area contributed by atoms with Gasteiger partial charge in [-0.15, -0.1) is 11.3 Å². The number of thiophene rings is 1. The first-order valence-corrected chi connectivity index (χ1v) is 6.99. The number of pyridine rings is 1. The third-order valence-electron chi connectivity index (χ3n) is 2.58. The standard InChI is InChI=1S/C13H11ClN2O3S/c1-2-8-5-9(13(18)19)12(20-8)16-11(17)7-3-4-10(14)15-6-7/h3-6H,2H2,1H3,(H,16,17)(H,18,19). The third-order valence-corrected chi connectivity index (χ3v) is 4.00. The molecule has 2 rings (SSSR count). The fraction of sp³-hybridized carbons (Fsp3) is 0.154. The van der Waals surface area contributed by atoms with Gasteiger partial charge < -0.3 is 10.4 Å². The summed E-state index contributed by atoms with van der Waals surface area (Å²) in [5.74, 6) is -1.48. The van der Waals surface area contributed by atoms with E-state index in [-0.39, 0.29) is 10.7 Å². The average molecular weight is 311 g/mol. The number of nitrogens with one attached hydrogen (secondary N) is 1. The zero-order valence-corrected chi connectivity index (χ0v) is 12.1. The van der Waals surface area contributed by atoms with Gasteiger partial charge in [0, 0.05) is 11.1 Å². The van der Waals surface area contributed by atoms with Crippen LogP contribution in [0.2, 0.25) is 5.15 Å². The van der Waals surface area contributed by atoms with Crippen molar-refractivity contribution < 1.29 is 14.7 Å². The highest BCUT2D eigenvalue weighted by Crippen LogP contribution is 2.29. The van der Waals surface area contributed by atoms with E-state index < -0.39 is 11.9 Å². The predicted molar refractivity (Wildman–Crippen MR) is 77.9 cm³/mol. The maximum atomic E-state index is 12.0. The third kappa shape index (κ3) is 3.15. The highest BCUT2D eigenvalue weighted by Gasteiger charge is 2.17. The van der Waals surface area contributed by atoms with Crippen LogP contribution in [0.25, 0.3) is 0 Å². The molecule has 0 saturated heterocycles. The molecule has 0 unspecified atom stereocenters. The Morgan fingerprint density at radius 1 is 1.45 bits per heavy atom. The van der Waals surface area contributed by atoms with E-state index in [1.165, 1.54) is 29.7 Å². The number of halogens is 1. The number of carboxylic acid groups (broad SMARTS) is 1. The average Bonchev–Trinajstić information content (AvgIpc) is 2.82. The van der Waals surface area contributed by atoms with E-state index >= 15 is 0 Å². The molecule has 7 heteroatoms. The number of anilines is 1. The van der Waals surface area contributed by atoms with E-state index in [0.29, 0.717) is 17.0 Å². The number of carboxylic acids is 1. The molecule has 20 heavy (non-hydrogen) atoms. The first kappa shape index (κ1) is 14.5. The molecule has 0 radical (unpaired) electrons. The van der Waals surface area contributed by atoms with Crippen molar-refractivity contribution in [2.24, 2.45) is 0 Å². The molecule has 0 aliphatic carbocycles. The fourth-order valence-electron chi connectivity index (χ4n) is 1.55. The molecule has 0 bridgehead atoms.